The zero-order chi connectivity index (χ0) is 16.8. The van der Waals surface area contributed by atoms with E-state index in [4.69, 9.17) is 0 Å². The summed E-state index contributed by atoms with van der Waals surface area (Å²) in [6.45, 7) is 0.195. The van der Waals surface area contributed by atoms with Gasteiger partial charge in [0.05, 0.1) is 34.6 Å². The molecule has 0 saturated heterocycles. The van der Waals surface area contributed by atoms with Gasteiger partial charge in [-0.2, -0.15) is 0 Å². The number of nitro groups is 2. The Balaban J connectivity index is 2.08. The van der Waals surface area contributed by atoms with Gasteiger partial charge < -0.3 is 5.32 Å². The molecule has 1 amide bonds. The molecule has 0 unspecified atom stereocenters. The number of aromatic nitrogens is 1. The highest BCUT2D eigenvalue weighted by molar-refractivity contribution is 5.80. The number of benzene rings is 1. The maximum Gasteiger partial charge on any atom is 0.279 e. The lowest BCUT2D eigenvalue weighted by Gasteiger charge is -2.05. The third-order valence-electron chi connectivity index (χ3n) is 3.02. The molecule has 0 saturated carbocycles. The quantitative estimate of drug-likeness (QED) is 0.638. The van der Waals surface area contributed by atoms with Crippen molar-refractivity contribution in [3.05, 3.63) is 74.1 Å². The van der Waals surface area contributed by atoms with Crippen LogP contribution in [0, 0.1) is 20.2 Å². The first-order chi connectivity index (χ1) is 11.0. The van der Waals surface area contributed by atoms with Crippen LogP contribution in [0.1, 0.15) is 11.3 Å². The van der Waals surface area contributed by atoms with E-state index in [0.29, 0.717) is 5.69 Å². The molecular formula is C14H12N4O5. The highest BCUT2D eigenvalue weighted by Crippen LogP contribution is 2.24. The second-order valence-electron chi connectivity index (χ2n) is 4.60. The van der Waals surface area contributed by atoms with E-state index in [1.54, 1.807) is 24.4 Å². The molecule has 2 aromatic rings. The van der Waals surface area contributed by atoms with Crippen molar-refractivity contribution < 1.29 is 14.6 Å². The van der Waals surface area contributed by atoms with E-state index in [1.807, 2.05) is 0 Å². The molecule has 0 spiro atoms. The largest absolute Gasteiger partial charge is 0.350 e. The highest BCUT2D eigenvalue weighted by atomic mass is 16.6. The van der Waals surface area contributed by atoms with E-state index in [1.165, 1.54) is 6.07 Å². The Labute approximate surface area is 130 Å². The molecule has 1 N–H and O–H groups in total. The average molecular weight is 316 g/mol. The first kappa shape index (κ1) is 16.0. The topological polar surface area (TPSA) is 128 Å². The van der Waals surface area contributed by atoms with Crippen molar-refractivity contribution in [2.45, 2.75) is 13.0 Å². The summed E-state index contributed by atoms with van der Waals surface area (Å²) in [5.41, 5.74) is -0.0836. The Morgan fingerprint density at radius 3 is 2.52 bits per heavy atom. The van der Waals surface area contributed by atoms with Gasteiger partial charge in [0.25, 0.3) is 11.4 Å². The Kier molecular flexibility index (Phi) is 4.92. The fraction of sp³-hybridized carbons (Fsp3) is 0.143. The van der Waals surface area contributed by atoms with Gasteiger partial charge in [-0.05, 0) is 18.2 Å². The van der Waals surface area contributed by atoms with Crippen molar-refractivity contribution in [3.8, 4) is 0 Å². The zero-order valence-electron chi connectivity index (χ0n) is 11.8. The van der Waals surface area contributed by atoms with Crippen molar-refractivity contribution in [2.75, 3.05) is 0 Å². The maximum atomic E-state index is 11.9. The lowest BCUT2D eigenvalue weighted by atomic mass is 10.1. The summed E-state index contributed by atoms with van der Waals surface area (Å²) < 4.78 is 0. The molecule has 118 valence electrons. The lowest BCUT2D eigenvalue weighted by molar-refractivity contribution is -0.394. The average Bonchev–Trinajstić information content (AvgIpc) is 2.54. The van der Waals surface area contributed by atoms with Crippen LogP contribution in [0.4, 0.5) is 11.4 Å². The van der Waals surface area contributed by atoms with Crippen LogP contribution < -0.4 is 5.32 Å². The van der Waals surface area contributed by atoms with Crippen LogP contribution in [0.5, 0.6) is 0 Å². The van der Waals surface area contributed by atoms with Crippen LogP contribution in [0.25, 0.3) is 0 Å². The number of amides is 1. The van der Waals surface area contributed by atoms with E-state index < -0.39 is 27.1 Å². The molecule has 2 rings (SSSR count). The summed E-state index contributed by atoms with van der Waals surface area (Å²) in [6.07, 6.45) is 1.34. The zero-order valence-corrected chi connectivity index (χ0v) is 11.8. The van der Waals surface area contributed by atoms with Gasteiger partial charge in [-0.3, -0.25) is 30.0 Å². The maximum absolute atomic E-state index is 11.9. The lowest BCUT2D eigenvalue weighted by Crippen LogP contribution is -2.25. The number of nitrogens with one attached hydrogen (secondary N) is 1. The molecular weight excluding hydrogens is 304 g/mol. The molecule has 0 atom stereocenters. The molecule has 23 heavy (non-hydrogen) atoms. The third kappa shape index (κ3) is 4.30. The molecule has 0 bridgehead atoms. The second-order valence-corrected chi connectivity index (χ2v) is 4.60. The molecule has 0 radical (unpaired) electrons. The predicted octanol–water partition coefficient (Wildman–Crippen LogP) is 1.76. The minimum atomic E-state index is -0.742. The standard InChI is InChI=1S/C14H12N4O5/c19-14(16-9-11-3-1-2-6-15-11)7-10-4-5-12(17(20)21)8-13(10)18(22)23/h1-6,8H,7,9H2,(H,16,19). The fourth-order valence-corrected chi connectivity index (χ4v) is 1.91. The predicted molar refractivity (Wildman–Crippen MR) is 79.5 cm³/mol. The first-order valence-electron chi connectivity index (χ1n) is 6.55. The number of carbonyl (C=O) groups is 1. The van der Waals surface area contributed by atoms with E-state index in [0.717, 1.165) is 12.1 Å². The van der Waals surface area contributed by atoms with Gasteiger partial charge in [-0.15, -0.1) is 0 Å². The number of nitro benzene ring substituents is 2. The van der Waals surface area contributed by atoms with Crippen molar-refractivity contribution in [2.24, 2.45) is 0 Å². The van der Waals surface area contributed by atoms with Crippen molar-refractivity contribution in [3.63, 3.8) is 0 Å². The molecule has 9 heteroatoms. The number of rotatable bonds is 6. The van der Waals surface area contributed by atoms with Crippen LogP contribution in [0.3, 0.4) is 0 Å². The van der Waals surface area contributed by atoms with Gasteiger partial charge >= 0.3 is 0 Å². The van der Waals surface area contributed by atoms with Gasteiger partial charge in [0, 0.05) is 17.8 Å². The number of carbonyl (C=O) groups excluding carboxylic acids is 1. The second kappa shape index (κ2) is 7.07. The van der Waals surface area contributed by atoms with Crippen LogP contribution >= 0.6 is 0 Å². The monoisotopic (exact) mass is 316 g/mol. The smallest absolute Gasteiger partial charge is 0.279 e. The van der Waals surface area contributed by atoms with Gasteiger partial charge in [0.2, 0.25) is 5.91 Å². The van der Waals surface area contributed by atoms with Gasteiger partial charge in [0.15, 0.2) is 0 Å². The molecule has 9 nitrogen and oxygen atoms in total. The summed E-state index contributed by atoms with van der Waals surface area (Å²) in [5, 5.41) is 24.3. The Morgan fingerprint density at radius 2 is 1.91 bits per heavy atom. The molecule has 1 aromatic heterocycles. The van der Waals surface area contributed by atoms with Crippen LogP contribution in [-0.4, -0.2) is 20.7 Å². The number of non-ortho nitro benzene ring substituents is 1. The molecule has 0 aliphatic carbocycles. The van der Waals surface area contributed by atoms with Crippen molar-refractivity contribution in [1.82, 2.24) is 10.3 Å². The van der Waals surface area contributed by atoms with E-state index in [2.05, 4.69) is 10.3 Å². The van der Waals surface area contributed by atoms with Gasteiger partial charge in [-0.25, -0.2) is 0 Å². The van der Waals surface area contributed by atoms with E-state index >= 15 is 0 Å². The van der Waals surface area contributed by atoms with Crippen LogP contribution in [0.15, 0.2) is 42.6 Å². The first-order valence-corrected chi connectivity index (χ1v) is 6.55. The summed E-state index contributed by atoms with van der Waals surface area (Å²) in [5.74, 6) is -0.437. The molecule has 1 heterocycles. The molecule has 0 aliphatic heterocycles. The Morgan fingerprint density at radius 1 is 1.13 bits per heavy atom. The number of hydrogen-bond acceptors (Lipinski definition) is 6. The normalized spacial score (nSPS) is 10.1. The summed E-state index contributed by atoms with van der Waals surface area (Å²) in [6, 6.07) is 8.45. The minimum absolute atomic E-state index is 0.110. The van der Waals surface area contributed by atoms with Crippen molar-refractivity contribution in [1.29, 1.82) is 0 Å². The number of pyridine rings is 1. The SMILES string of the molecule is O=C(Cc1ccc([N+](=O)[O-])cc1[N+](=O)[O-])NCc1ccccn1. The minimum Gasteiger partial charge on any atom is -0.350 e. The summed E-state index contributed by atoms with van der Waals surface area (Å²) in [7, 11) is 0. The van der Waals surface area contributed by atoms with Gasteiger partial charge in [-0.1, -0.05) is 6.07 Å². The van der Waals surface area contributed by atoms with Crippen molar-refractivity contribution >= 4 is 17.3 Å². The summed E-state index contributed by atoms with van der Waals surface area (Å²) in [4.78, 5) is 36.1. The van der Waals surface area contributed by atoms with Crippen LogP contribution in [0.2, 0.25) is 0 Å². The fourth-order valence-electron chi connectivity index (χ4n) is 1.91. The number of hydrogen-bond donors (Lipinski definition) is 1. The van der Waals surface area contributed by atoms with Gasteiger partial charge in [0.1, 0.15) is 0 Å². The third-order valence-corrected chi connectivity index (χ3v) is 3.02. The van der Waals surface area contributed by atoms with E-state index in [9.17, 15) is 25.0 Å². The molecule has 1 aromatic carbocycles. The number of nitrogens with zero attached hydrogens (tertiary/aromatic N) is 3. The Bertz CT molecular complexity index is 748. The molecule has 0 fully saturated rings. The summed E-state index contributed by atoms with van der Waals surface area (Å²) >= 11 is 0. The Hall–Kier alpha value is -3.36. The highest BCUT2D eigenvalue weighted by Gasteiger charge is 2.20. The van der Waals surface area contributed by atoms with Crippen LogP contribution in [-0.2, 0) is 17.8 Å². The molecule has 0 aliphatic rings. The van der Waals surface area contributed by atoms with E-state index in [-0.39, 0.29) is 18.5 Å².